The Morgan fingerprint density at radius 1 is 1.17 bits per heavy atom. The normalized spacial score (nSPS) is 10.9. The zero-order valence-corrected chi connectivity index (χ0v) is 11.8. The number of oxime groups is 1. The number of nitrogens with zero attached hydrogens (tertiary/aromatic N) is 2. The molecule has 0 spiro atoms. The van der Waals surface area contributed by atoms with Gasteiger partial charge >= 0.3 is 6.61 Å². The minimum Gasteiger partial charge on any atom is -0.434 e. The highest BCUT2D eigenvalue weighted by Crippen LogP contribution is 2.18. The van der Waals surface area contributed by atoms with Crippen LogP contribution < -0.4 is 4.74 Å². The minimum absolute atomic E-state index is 0.00909. The maximum Gasteiger partial charge on any atom is 0.387 e. The third-order valence-corrected chi connectivity index (χ3v) is 2.78. The summed E-state index contributed by atoms with van der Waals surface area (Å²) in [6.45, 7) is -2.84. The summed E-state index contributed by atoms with van der Waals surface area (Å²) in [5, 5.41) is 14.2. The van der Waals surface area contributed by atoms with Crippen molar-refractivity contribution >= 4 is 11.9 Å². The molecule has 0 aliphatic heterocycles. The van der Waals surface area contributed by atoms with Crippen LogP contribution >= 0.6 is 0 Å². The van der Waals surface area contributed by atoms with Crippen LogP contribution in [0.4, 0.5) is 14.5 Å². The van der Waals surface area contributed by atoms with Gasteiger partial charge < -0.3 is 9.57 Å². The van der Waals surface area contributed by atoms with E-state index in [1.807, 2.05) is 0 Å². The minimum atomic E-state index is -2.93. The average molecular weight is 322 g/mol. The number of rotatable bonds is 7. The Hall–Kier alpha value is -3.03. The number of alkyl halides is 2. The van der Waals surface area contributed by atoms with E-state index in [1.165, 1.54) is 24.4 Å². The first kappa shape index (κ1) is 16.3. The fraction of sp³-hybridized carbons (Fsp3) is 0.133. The first-order valence-electron chi connectivity index (χ1n) is 6.49. The Bertz CT molecular complexity index is 690. The zero-order valence-electron chi connectivity index (χ0n) is 11.8. The summed E-state index contributed by atoms with van der Waals surface area (Å²) in [5.41, 5.74) is 1.01. The second-order valence-electron chi connectivity index (χ2n) is 4.35. The number of hydrogen-bond donors (Lipinski definition) is 0. The molecule has 0 radical (unpaired) electrons. The topological polar surface area (TPSA) is 74.0 Å². The summed E-state index contributed by atoms with van der Waals surface area (Å²) in [7, 11) is 0. The molecule has 0 aliphatic rings. The van der Waals surface area contributed by atoms with Crippen LogP contribution in [0, 0.1) is 10.1 Å². The van der Waals surface area contributed by atoms with Crippen molar-refractivity contribution in [3.63, 3.8) is 0 Å². The fourth-order valence-corrected chi connectivity index (χ4v) is 1.71. The van der Waals surface area contributed by atoms with Crippen molar-refractivity contribution < 1.29 is 23.3 Å². The maximum absolute atomic E-state index is 12.3. The summed E-state index contributed by atoms with van der Waals surface area (Å²) in [6, 6.07) is 12.0. The van der Waals surface area contributed by atoms with E-state index in [-0.39, 0.29) is 18.0 Å². The van der Waals surface area contributed by atoms with E-state index in [0.29, 0.717) is 11.1 Å². The van der Waals surface area contributed by atoms with Crippen LogP contribution in [0.25, 0.3) is 0 Å². The molecule has 120 valence electrons. The largest absolute Gasteiger partial charge is 0.434 e. The van der Waals surface area contributed by atoms with Crippen LogP contribution in [-0.4, -0.2) is 17.7 Å². The molecule has 8 heteroatoms. The molecule has 0 bridgehead atoms. The Kier molecular flexibility index (Phi) is 5.56. The SMILES string of the molecule is O=[N+]([O-])c1ccc(CO/N=C\c2ccccc2OC(F)F)cc1. The Labute approximate surface area is 130 Å². The molecule has 2 aromatic carbocycles. The van der Waals surface area contributed by atoms with E-state index in [2.05, 4.69) is 9.89 Å². The molecular formula is C15H12F2N2O4. The molecule has 0 heterocycles. The molecule has 0 amide bonds. The van der Waals surface area contributed by atoms with Gasteiger partial charge in [0.05, 0.1) is 11.1 Å². The first-order chi connectivity index (χ1) is 11.1. The van der Waals surface area contributed by atoms with Crippen LogP contribution in [0.2, 0.25) is 0 Å². The number of non-ortho nitro benzene ring substituents is 1. The highest BCUT2D eigenvalue weighted by Gasteiger charge is 2.07. The van der Waals surface area contributed by atoms with Crippen molar-refractivity contribution in [1.82, 2.24) is 0 Å². The number of ether oxygens (including phenoxy) is 1. The monoisotopic (exact) mass is 322 g/mol. The van der Waals surface area contributed by atoms with Crippen molar-refractivity contribution in [2.45, 2.75) is 13.2 Å². The van der Waals surface area contributed by atoms with Gasteiger partial charge in [0.25, 0.3) is 5.69 Å². The molecule has 2 rings (SSSR count). The third kappa shape index (κ3) is 5.03. The molecule has 2 aromatic rings. The molecule has 0 aromatic heterocycles. The van der Waals surface area contributed by atoms with E-state index < -0.39 is 11.5 Å². The van der Waals surface area contributed by atoms with Crippen LogP contribution in [0.5, 0.6) is 5.75 Å². The van der Waals surface area contributed by atoms with E-state index in [0.717, 1.165) is 0 Å². The van der Waals surface area contributed by atoms with Crippen LogP contribution in [-0.2, 0) is 11.4 Å². The van der Waals surface area contributed by atoms with Crippen LogP contribution in [0.15, 0.2) is 53.7 Å². The molecule has 0 saturated heterocycles. The summed E-state index contributed by atoms with van der Waals surface area (Å²) < 4.78 is 28.9. The zero-order chi connectivity index (χ0) is 16.7. The lowest BCUT2D eigenvalue weighted by molar-refractivity contribution is -0.384. The van der Waals surface area contributed by atoms with Crippen molar-refractivity contribution in [3.8, 4) is 5.75 Å². The average Bonchev–Trinajstić information content (AvgIpc) is 2.53. The van der Waals surface area contributed by atoms with Crippen LogP contribution in [0.3, 0.4) is 0 Å². The second-order valence-corrected chi connectivity index (χ2v) is 4.35. The Balaban J connectivity index is 1.93. The molecular weight excluding hydrogens is 310 g/mol. The molecule has 6 nitrogen and oxygen atoms in total. The quantitative estimate of drug-likeness (QED) is 0.442. The molecule has 0 saturated carbocycles. The van der Waals surface area contributed by atoms with Gasteiger partial charge in [-0.2, -0.15) is 8.78 Å². The van der Waals surface area contributed by atoms with E-state index in [9.17, 15) is 18.9 Å². The standard InChI is InChI=1S/C15H12F2N2O4/c16-15(17)23-14-4-2-1-3-12(14)9-18-22-10-11-5-7-13(8-6-11)19(20)21/h1-9,15H,10H2/b18-9-. The van der Waals surface area contributed by atoms with Crippen LogP contribution in [0.1, 0.15) is 11.1 Å². The number of nitro benzene ring substituents is 1. The predicted octanol–water partition coefficient (Wildman–Crippen LogP) is 3.75. The summed E-state index contributed by atoms with van der Waals surface area (Å²) in [5.74, 6) is -0.00909. The van der Waals surface area contributed by atoms with Gasteiger partial charge in [-0.25, -0.2) is 0 Å². The second kappa shape index (κ2) is 7.83. The lowest BCUT2D eigenvalue weighted by Gasteiger charge is -2.06. The smallest absolute Gasteiger partial charge is 0.387 e. The molecule has 0 fully saturated rings. The van der Waals surface area contributed by atoms with Gasteiger partial charge in [-0.15, -0.1) is 0 Å². The van der Waals surface area contributed by atoms with Gasteiger partial charge in [0, 0.05) is 17.7 Å². The van der Waals surface area contributed by atoms with Crippen molar-refractivity contribution in [1.29, 1.82) is 0 Å². The van der Waals surface area contributed by atoms with Gasteiger partial charge in [0.1, 0.15) is 12.4 Å². The number of halogens is 2. The summed E-state index contributed by atoms with van der Waals surface area (Å²) in [4.78, 5) is 15.1. The number of hydrogen-bond acceptors (Lipinski definition) is 5. The highest BCUT2D eigenvalue weighted by atomic mass is 19.3. The molecule has 0 N–H and O–H groups in total. The summed E-state index contributed by atoms with van der Waals surface area (Å²) >= 11 is 0. The summed E-state index contributed by atoms with van der Waals surface area (Å²) in [6.07, 6.45) is 1.25. The Morgan fingerprint density at radius 3 is 2.52 bits per heavy atom. The lowest BCUT2D eigenvalue weighted by Crippen LogP contribution is -2.04. The van der Waals surface area contributed by atoms with Gasteiger partial charge in [0.2, 0.25) is 0 Å². The van der Waals surface area contributed by atoms with E-state index >= 15 is 0 Å². The predicted molar refractivity (Wildman–Crippen MR) is 78.6 cm³/mol. The van der Waals surface area contributed by atoms with E-state index in [1.54, 1.807) is 30.3 Å². The van der Waals surface area contributed by atoms with Crippen molar-refractivity contribution in [2.24, 2.45) is 5.16 Å². The number of benzene rings is 2. The number of para-hydroxylation sites is 1. The fourth-order valence-electron chi connectivity index (χ4n) is 1.71. The molecule has 23 heavy (non-hydrogen) atoms. The van der Waals surface area contributed by atoms with Gasteiger partial charge in [0.15, 0.2) is 0 Å². The van der Waals surface area contributed by atoms with Gasteiger partial charge in [-0.1, -0.05) is 17.3 Å². The van der Waals surface area contributed by atoms with Crippen molar-refractivity contribution in [2.75, 3.05) is 0 Å². The van der Waals surface area contributed by atoms with E-state index in [4.69, 9.17) is 4.84 Å². The lowest BCUT2D eigenvalue weighted by atomic mass is 10.2. The Morgan fingerprint density at radius 2 is 1.87 bits per heavy atom. The first-order valence-corrected chi connectivity index (χ1v) is 6.49. The third-order valence-electron chi connectivity index (χ3n) is 2.78. The van der Waals surface area contributed by atoms with Gasteiger partial charge in [-0.3, -0.25) is 10.1 Å². The van der Waals surface area contributed by atoms with Crippen molar-refractivity contribution in [3.05, 3.63) is 69.8 Å². The van der Waals surface area contributed by atoms with Gasteiger partial charge in [-0.05, 0) is 29.8 Å². The molecule has 0 atom stereocenters. The molecule has 0 aliphatic carbocycles. The highest BCUT2D eigenvalue weighted by molar-refractivity contribution is 5.83. The maximum atomic E-state index is 12.3. The molecule has 0 unspecified atom stereocenters. The number of nitro groups is 1.